The Morgan fingerprint density at radius 1 is 1.23 bits per heavy atom. The van der Waals surface area contributed by atoms with Crippen molar-refractivity contribution in [2.75, 3.05) is 33.4 Å². The van der Waals surface area contributed by atoms with Gasteiger partial charge in [0.2, 0.25) is 5.91 Å². The van der Waals surface area contributed by atoms with E-state index in [1.807, 2.05) is 22.6 Å². The molecule has 2 aromatic carbocycles. The first kappa shape index (κ1) is 33.7. The maximum absolute atomic E-state index is 13.9. The van der Waals surface area contributed by atoms with Gasteiger partial charge in [0.15, 0.2) is 11.5 Å². The summed E-state index contributed by atoms with van der Waals surface area (Å²) in [6, 6.07) is 5.71. The van der Waals surface area contributed by atoms with Gasteiger partial charge in [0.25, 0.3) is 5.91 Å². The number of ether oxygens (including phenoxy) is 3. The summed E-state index contributed by atoms with van der Waals surface area (Å²) in [5.41, 5.74) is -0.470. The van der Waals surface area contributed by atoms with E-state index in [2.05, 4.69) is 5.32 Å². The number of rotatable bonds is 11. The van der Waals surface area contributed by atoms with Gasteiger partial charge >= 0.3 is 6.18 Å². The average Bonchev–Trinajstić information content (AvgIpc) is 3.53. The van der Waals surface area contributed by atoms with Crippen molar-refractivity contribution in [3.63, 3.8) is 0 Å². The van der Waals surface area contributed by atoms with Crippen molar-refractivity contribution in [2.45, 2.75) is 49.8 Å². The zero-order chi connectivity index (χ0) is 32.0. The minimum absolute atomic E-state index is 0.00866. The maximum atomic E-state index is 13.9. The van der Waals surface area contributed by atoms with E-state index >= 15 is 0 Å². The number of benzene rings is 2. The summed E-state index contributed by atoms with van der Waals surface area (Å²) < 4.78 is 57.4. The lowest BCUT2D eigenvalue weighted by Crippen LogP contribution is -2.56. The van der Waals surface area contributed by atoms with Crippen LogP contribution >= 0.6 is 22.6 Å². The molecular weight excluding hydrogens is 700 g/mol. The van der Waals surface area contributed by atoms with E-state index in [9.17, 15) is 37.8 Å². The second kappa shape index (κ2) is 14.7. The SMILES string of the molecule is COc1cc(C=O)cc(I)c1O[C@H]1C=C(C(=O)NCCO)C[C@@H](N(C[C@H]2CCCO2)C(=O)c2ccc(C(F)(F)F)cc2)[C@@H]1O. The lowest BCUT2D eigenvalue weighted by atomic mass is 9.87. The third kappa shape index (κ3) is 7.89. The standard InChI is InChI=1S/C30H32F3IN2O8/c1-42-25-12-17(16-38)11-22(34)27(25)44-24-14-19(28(40)35-8-9-37)13-23(26(24)39)36(15-21-3-2-10-43-21)29(41)18-4-6-20(7-5-18)30(31,32)33/h4-7,11-12,14,16,21,23-24,26,37,39H,2-3,8-10,13,15H2,1H3,(H,35,40)/t21-,23-,24+,26+/m1/s1. The molecule has 4 atom stereocenters. The van der Waals surface area contributed by atoms with E-state index in [1.54, 1.807) is 6.07 Å². The molecule has 0 unspecified atom stereocenters. The number of nitrogens with zero attached hydrogens (tertiary/aromatic N) is 1. The van der Waals surface area contributed by atoms with Gasteiger partial charge in [-0.1, -0.05) is 0 Å². The lowest BCUT2D eigenvalue weighted by Gasteiger charge is -2.41. The van der Waals surface area contributed by atoms with Gasteiger partial charge in [0.1, 0.15) is 18.5 Å². The molecule has 0 aromatic heterocycles. The van der Waals surface area contributed by atoms with E-state index in [4.69, 9.17) is 14.2 Å². The highest BCUT2D eigenvalue weighted by atomic mass is 127. The smallest absolute Gasteiger partial charge is 0.416 e. The van der Waals surface area contributed by atoms with Crippen LogP contribution in [0.2, 0.25) is 0 Å². The number of aliphatic hydroxyl groups excluding tert-OH is 2. The summed E-state index contributed by atoms with van der Waals surface area (Å²) in [5.74, 6) is -0.822. The van der Waals surface area contributed by atoms with Crippen molar-refractivity contribution in [2.24, 2.45) is 0 Å². The molecule has 2 amide bonds. The summed E-state index contributed by atoms with van der Waals surface area (Å²) in [6.45, 7) is 0.114. The molecule has 238 valence electrons. The summed E-state index contributed by atoms with van der Waals surface area (Å²) >= 11 is 1.94. The van der Waals surface area contributed by atoms with E-state index in [-0.39, 0.29) is 48.8 Å². The molecule has 2 aromatic rings. The summed E-state index contributed by atoms with van der Waals surface area (Å²) in [7, 11) is 1.38. The van der Waals surface area contributed by atoms with Crippen LogP contribution in [0.15, 0.2) is 48.0 Å². The predicted molar refractivity (Wildman–Crippen MR) is 160 cm³/mol. The molecule has 0 bridgehead atoms. The number of aldehydes is 1. The first-order chi connectivity index (χ1) is 21.0. The van der Waals surface area contributed by atoms with Crippen LogP contribution in [0.25, 0.3) is 0 Å². The Morgan fingerprint density at radius 2 is 1.95 bits per heavy atom. The Bertz CT molecular complexity index is 1380. The van der Waals surface area contributed by atoms with Gasteiger partial charge in [-0.2, -0.15) is 13.2 Å². The third-order valence-electron chi connectivity index (χ3n) is 7.40. The van der Waals surface area contributed by atoms with Gasteiger partial charge in [0, 0.05) is 42.8 Å². The molecular formula is C30H32F3IN2O8. The van der Waals surface area contributed by atoms with Crippen LogP contribution in [0.4, 0.5) is 13.2 Å². The fourth-order valence-electron chi connectivity index (χ4n) is 5.18. The number of aliphatic hydroxyl groups is 2. The van der Waals surface area contributed by atoms with E-state index < -0.39 is 47.9 Å². The highest BCUT2D eigenvalue weighted by Gasteiger charge is 2.42. The van der Waals surface area contributed by atoms with Gasteiger partial charge in [-0.25, -0.2) is 0 Å². The number of hydrogen-bond acceptors (Lipinski definition) is 8. The zero-order valence-electron chi connectivity index (χ0n) is 23.7. The normalized spacial score (nSPS) is 21.8. The lowest BCUT2D eigenvalue weighted by molar-refractivity contribution is -0.137. The van der Waals surface area contributed by atoms with Crippen LogP contribution in [0.5, 0.6) is 11.5 Å². The number of halogens is 4. The molecule has 1 aliphatic carbocycles. The molecule has 1 heterocycles. The quantitative estimate of drug-likeness (QED) is 0.237. The fourth-order valence-corrected chi connectivity index (χ4v) is 5.93. The number of nitrogens with one attached hydrogen (secondary N) is 1. The van der Waals surface area contributed by atoms with Gasteiger partial charge in [-0.05, 0) is 77.9 Å². The summed E-state index contributed by atoms with van der Waals surface area (Å²) in [5, 5.41) is 23.5. The molecule has 10 nitrogen and oxygen atoms in total. The predicted octanol–water partition coefficient (Wildman–Crippen LogP) is 3.37. The minimum atomic E-state index is -4.59. The number of alkyl halides is 3. The van der Waals surface area contributed by atoms with Crippen LogP contribution in [0, 0.1) is 3.57 Å². The number of amides is 2. The van der Waals surface area contributed by atoms with Gasteiger partial charge in [0.05, 0.1) is 35.0 Å². The Kier molecular flexibility index (Phi) is 11.3. The first-order valence-corrected chi connectivity index (χ1v) is 14.9. The summed E-state index contributed by atoms with van der Waals surface area (Å²) in [4.78, 5) is 39.7. The van der Waals surface area contributed by atoms with Crippen LogP contribution < -0.4 is 14.8 Å². The Balaban J connectivity index is 1.73. The van der Waals surface area contributed by atoms with Gasteiger partial charge in [-0.3, -0.25) is 14.4 Å². The molecule has 14 heteroatoms. The van der Waals surface area contributed by atoms with Crippen molar-refractivity contribution >= 4 is 40.7 Å². The highest BCUT2D eigenvalue weighted by Crippen LogP contribution is 2.37. The molecule has 44 heavy (non-hydrogen) atoms. The van der Waals surface area contributed by atoms with Crippen LogP contribution in [-0.4, -0.2) is 91.0 Å². The monoisotopic (exact) mass is 732 g/mol. The second-order valence-electron chi connectivity index (χ2n) is 10.3. The van der Waals surface area contributed by atoms with Gasteiger partial charge in [-0.15, -0.1) is 0 Å². The van der Waals surface area contributed by atoms with Crippen molar-refractivity contribution in [3.05, 3.63) is 68.3 Å². The van der Waals surface area contributed by atoms with Crippen molar-refractivity contribution in [1.29, 1.82) is 0 Å². The molecule has 1 fully saturated rings. The van der Waals surface area contributed by atoms with Crippen LogP contribution in [0.1, 0.15) is 45.5 Å². The number of methoxy groups -OCH3 is 1. The van der Waals surface area contributed by atoms with Crippen molar-refractivity contribution in [1.82, 2.24) is 10.2 Å². The maximum Gasteiger partial charge on any atom is 0.416 e. The van der Waals surface area contributed by atoms with E-state index in [0.717, 1.165) is 30.7 Å². The molecule has 0 saturated carbocycles. The molecule has 3 N–H and O–H groups in total. The largest absolute Gasteiger partial charge is 0.493 e. The molecule has 0 spiro atoms. The molecule has 1 saturated heterocycles. The molecule has 0 radical (unpaired) electrons. The van der Waals surface area contributed by atoms with E-state index in [1.165, 1.54) is 24.2 Å². The number of carbonyl (C=O) groups excluding carboxylic acids is 3. The van der Waals surface area contributed by atoms with Crippen molar-refractivity contribution < 1.29 is 52.0 Å². The Labute approximate surface area is 265 Å². The molecule has 2 aliphatic rings. The number of hydrogen-bond donors (Lipinski definition) is 3. The Morgan fingerprint density at radius 3 is 2.55 bits per heavy atom. The Hall–Kier alpha value is -3.21. The number of carbonyl (C=O) groups is 3. The highest BCUT2D eigenvalue weighted by molar-refractivity contribution is 14.1. The fraction of sp³-hybridized carbons (Fsp3) is 0.433. The second-order valence-corrected chi connectivity index (χ2v) is 11.5. The van der Waals surface area contributed by atoms with Crippen LogP contribution in [-0.2, 0) is 15.7 Å². The first-order valence-electron chi connectivity index (χ1n) is 13.8. The zero-order valence-corrected chi connectivity index (χ0v) is 25.8. The topological polar surface area (TPSA) is 135 Å². The third-order valence-corrected chi connectivity index (χ3v) is 8.20. The minimum Gasteiger partial charge on any atom is -0.493 e. The van der Waals surface area contributed by atoms with Gasteiger partial charge < -0.3 is 34.6 Å². The molecule has 1 aliphatic heterocycles. The van der Waals surface area contributed by atoms with E-state index in [0.29, 0.717) is 28.4 Å². The molecule has 4 rings (SSSR count). The summed E-state index contributed by atoms with van der Waals surface area (Å²) in [6.07, 6.45) is -4.27. The average molecular weight is 732 g/mol. The van der Waals surface area contributed by atoms with Crippen molar-refractivity contribution in [3.8, 4) is 11.5 Å². The van der Waals surface area contributed by atoms with Crippen LogP contribution in [0.3, 0.4) is 0 Å².